The standard InChI is InChI=1S/C8H15NO3.C7H7Br/c1-3-4-5-7(9-6-10)8(11)12-2;1-6-3-2-4-7(8)5-6/h6-7H,3-5H2,1-2H3,(H,9,10);2-5H,1H3/t7-;/m0./s1. The number of benzene rings is 1. The van der Waals surface area contributed by atoms with E-state index in [1.165, 1.54) is 12.7 Å². The molecule has 1 rings (SSSR count). The Morgan fingerprint density at radius 1 is 1.50 bits per heavy atom. The van der Waals surface area contributed by atoms with E-state index in [0.29, 0.717) is 12.8 Å². The largest absolute Gasteiger partial charge is 0.467 e. The Morgan fingerprint density at radius 3 is 2.60 bits per heavy atom. The number of halogens is 1. The highest BCUT2D eigenvalue weighted by atomic mass is 79.9. The first kappa shape index (κ1) is 18.6. The lowest BCUT2D eigenvalue weighted by molar-refractivity contribution is -0.144. The van der Waals surface area contributed by atoms with Crippen LogP contribution in [0.1, 0.15) is 31.7 Å². The number of amides is 1. The highest BCUT2D eigenvalue weighted by Gasteiger charge is 2.16. The van der Waals surface area contributed by atoms with Gasteiger partial charge in [-0.05, 0) is 25.5 Å². The monoisotopic (exact) mass is 343 g/mol. The number of ether oxygens (including phenoxy) is 1. The average molecular weight is 344 g/mol. The van der Waals surface area contributed by atoms with Gasteiger partial charge in [-0.25, -0.2) is 4.79 Å². The van der Waals surface area contributed by atoms with E-state index < -0.39 is 6.04 Å². The number of methoxy groups -OCH3 is 1. The van der Waals surface area contributed by atoms with Crippen molar-refractivity contribution in [3.8, 4) is 0 Å². The van der Waals surface area contributed by atoms with Crippen molar-refractivity contribution >= 4 is 28.3 Å². The topological polar surface area (TPSA) is 55.4 Å². The molecule has 1 amide bonds. The molecule has 0 heterocycles. The van der Waals surface area contributed by atoms with E-state index in [1.54, 1.807) is 0 Å². The van der Waals surface area contributed by atoms with Crippen LogP contribution in [-0.4, -0.2) is 25.5 Å². The second-order valence-corrected chi connectivity index (χ2v) is 5.22. The van der Waals surface area contributed by atoms with Crippen LogP contribution in [0.15, 0.2) is 28.7 Å². The van der Waals surface area contributed by atoms with Gasteiger partial charge in [0.15, 0.2) is 0 Å². The number of hydrogen-bond acceptors (Lipinski definition) is 3. The van der Waals surface area contributed by atoms with Crippen LogP contribution in [0, 0.1) is 6.92 Å². The lowest BCUT2D eigenvalue weighted by Gasteiger charge is -2.12. The van der Waals surface area contributed by atoms with E-state index in [4.69, 9.17) is 0 Å². The van der Waals surface area contributed by atoms with Crippen molar-refractivity contribution < 1.29 is 14.3 Å². The van der Waals surface area contributed by atoms with Crippen molar-refractivity contribution in [3.63, 3.8) is 0 Å². The van der Waals surface area contributed by atoms with Gasteiger partial charge >= 0.3 is 5.97 Å². The molecule has 1 atom stereocenters. The molecule has 0 aliphatic heterocycles. The molecule has 4 nitrogen and oxygen atoms in total. The van der Waals surface area contributed by atoms with Gasteiger partial charge in [-0.1, -0.05) is 53.4 Å². The maximum atomic E-state index is 11.0. The Bertz CT molecular complexity index is 393. The first-order valence-corrected chi connectivity index (χ1v) is 7.34. The SMILES string of the molecule is CCCC[C@H](NC=O)C(=O)OC.Cc1cccc(Br)c1. The van der Waals surface area contributed by atoms with Gasteiger partial charge in [0.2, 0.25) is 6.41 Å². The third-order valence-electron chi connectivity index (χ3n) is 2.58. The number of esters is 1. The number of carbonyl (C=O) groups is 2. The third-order valence-corrected chi connectivity index (χ3v) is 3.07. The van der Waals surface area contributed by atoms with Crippen molar-refractivity contribution in [2.24, 2.45) is 0 Å². The van der Waals surface area contributed by atoms with Gasteiger partial charge in [0, 0.05) is 4.47 Å². The summed E-state index contributed by atoms with van der Waals surface area (Å²) >= 11 is 3.36. The molecule has 0 saturated heterocycles. The van der Waals surface area contributed by atoms with Gasteiger partial charge in [0.05, 0.1) is 7.11 Å². The maximum Gasteiger partial charge on any atom is 0.328 e. The lowest BCUT2D eigenvalue weighted by atomic mass is 10.1. The summed E-state index contributed by atoms with van der Waals surface area (Å²) in [6, 6.07) is 7.73. The first-order valence-electron chi connectivity index (χ1n) is 6.54. The van der Waals surface area contributed by atoms with Crippen molar-refractivity contribution in [2.45, 2.75) is 39.2 Å². The quantitative estimate of drug-likeness (QED) is 0.637. The van der Waals surface area contributed by atoms with Crippen LogP contribution in [0.3, 0.4) is 0 Å². The van der Waals surface area contributed by atoms with E-state index >= 15 is 0 Å². The van der Waals surface area contributed by atoms with Crippen LogP contribution in [0.25, 0.3) is 0 Å². The Kier molecular flexibility index (Phi) is 10.7. The summed E-state index contributed by atoms with van der Waals surface area (Å²) in [5.41, 5.74) is 1.29. The summed E-state index contributed by atoms with van der Waals surface area (Å²) in [6.07, 6.45) is 3.06. The van der Waals surface area contributed by atoms with E-state index in [2.05, 4.69) is 45.0 Å². The van der Waals surface area contributed by atoms with Gasteiger partial charge < -0.3 is 10.1 Å². The number of aryl methyl sites for hydroxylation is 1. The molecule has 5 heteroatoms. The van der Waals surface area contributed by atoms with Crippen LogP contribution >= 0.6 is 15.9 Å². The second kappa shape index (κ2) is 11.5. The molecule has 0 aliphatic carbocycles. The molecule has 0 unspecified atom stereocenters. The second-order valence-electron chi connectivity index (χ2n) is 4.30. The predicted molar refractivity (Wildman–Crippen MR) is 83.4 cm³/mol. The van der Waals surface area contributed by atoms with Crippen molar-refractivity contribution in [2.75, 3.05) is 7.11 Å². The zero-order chi connectivity index (χ0) is 15.4. The summed E-state index contributed by atoms with van der Waals surface area (Å²) in [5, 5.41) is 2.41. The summed E-state index contributed by atoms with van der Waals surface area (Å²) in [5.74, 6) is -0.379. The minimum absolute atomic E-state index is 0.379. The molecule has 0 fully saturated rings. The third kappa shape index (κ3) is 8.69. The summed E-state index contributed by atoms with van der Waals surface area (Å²) in [7, 11) is 1.31. The van der Waals surface area contributed by atoms with Gasteiger partial charge in [0.1, 0.15) is 6.04 Å². The number of hydrogen-bond donors (Lipinski definition) is 1. The van der Waals surface area contributed by atoms with Crippen molar-refractivity contribution in [3.05, 3.63) is 34.3 Å². The number of unbranched alkanes of at least 4 members (excludes halogenated alkanes) is 1. The molecular weight excluding hydrogens is 322 g/mol. The molecule has 0 bridgehead atoms. The highest BCUT2D eigenvalue weighted by molar-refractivity contribution is 9.10. The molecule has 112 valence electrons. The molecule has 0 aromatic heterocycles. The molecule has 0 aliphatic rings. The van der Waals surface area contributed by atoms with E-state index in [0.717, 1.165) is 17.3 Å². The average Bonchev–Trinajstić information content (AvgIpc) is 2.43. The van der Waals surface area contributed by atoms with E-state index in [9.17, 15) is 9.59 Å². The van der Waals surface area contributed by atoms with E-state index in [-0.39, 0.29) is 5.97 Å². The van der Waals surface area contributed by atoms with Gasteiger partial charge in [-0.3, -0.25) is 4.79 Å². The van der Waals surface area contributed by atoms with Crippen LogP contribution in [0.2, 0.25) is 0 Å². The minimum atomic E-state index is -0.479. The summed E-state index contributed by atoms with van der Waals surface area (Å²) in [4.78, 5) is 21.0. The zero-order valence-corrected chi connectivity index (χ0v) is 13.8. The maximum absolute atomic E-state index is 11.0. The fraction of sp³-hybridized carbons (Fsp3) is 0.467. The van der Waals surface area contributed by atoms with Crippen LogP contribution in [0.5, 0.6) is 0 Å². The summed E-state index contributed by atoms with van der Waals surface area (Å²) in [6.45, 7) is 4.10. The fourth-order valence-corrected chi connectivity index (χ4v) is 2.02. The number of carbonyl (C=O) groups excluding carboxylic acids is 2. The van der Waals surface area contributed by atoms with Crippen LogP contribution in [-0.2, 0) is 14.3 Å². The predicted octanol–water partition coefficient (Wildman–Crippen LogP) is 3.22. The zero-order valence-electron chi connectivity index (χ0n) is 12.2. The van der Waals surface area contributed by atoms with Crippen LogP contribution in [0.4, 0.5) is 0 Å². The highest BCUT2D eigenvalue weighted by Crippen LogP contribution is 2.09. The molecule has 1 aromatic rings. The minimum Gasteiger partial charge on any atom is -0.467 e. The molecule has 0 saturated carbocycles. The van der Waals surface area contributed by atoms with Gasteiger partial charge in [-0.15, -0.1) is 0 Å². The Morgan fingerprint density at radius 2 is 2.20 bits per heavy atom. The van der Waals surface area contributed by atoms with Crippen molar-refractivity contribution in [1.29, 1.82) is 0 Å². The lowest BCUT2D eigenvalue weighted by Crippen LogP contribution is -2.36. The molecule has 20 heavy (non-hydrogen) atoms. The van der Waals surface area contributed by atoms with E-state index in [1.807, 2.05) is 19.1 Å². The number of rotatable bonds is 6. The molecule has 1 N–H and O–H groups in total. The van der Waals surface area contributed by atoms with Gasteiger partial charge in [-0.2, -0.15) is 0 Å². The fourth-order valence-electron chi connectivity index (χ4n) is 1.51. The summed E-state index contributed by atoms with van der Waals surface area (Å²) < 4.78 is 5.65. The normalized spacial score (nSPS) is 10.8. The molecule has 0 radical (unpaired) electrons. The number of nitrogens with one attached hydrogen (secondary N) is 1. The molecule has 1 aromatic carbocycles. The Balaban J connectivity index is 0.000000388. The smallest absolute Gasteiger partial charge is 0.328 e. The Labute approximate surface area is 129 Å². The van der Waals surface area contributed by atoms with Crippen molar-refractivity contribution in [1.82, 2.24) is 5.32 Å². The van der Waals surface area contributed by atoms with Crippen LogP contribution < -0.4 is 5.32 Å². The molecule has 0 spiro atoms. The first-order chi connectivity index (χ1) is 9.54. The Hall–Kier alpha value is -1.36. The molecular formula is C15H22BrNO3. The van der Waals surface area contributed by atoms with Gasteiger partial charge in [0.25, 0.3) is 0 Å².